The van der Waals surface area contributed by atoms with E-state index in [1.54, 1.807) is 0 Å². The molecule has 0 radical (unpaired) electrons. The van der Waals surface area contributed by atoms with Crippen LogP contribution in [0.5, 0.6) is 0 Å². The van der Waals surface area contributed by atoms with Crippen molar-refractivity contribution in [3.8, 4) is 0 Å². The molecule has 0 aromatic carbocycles. The van der Waals surface area contributed by atoms with E-state index < -0.39 is 0 Å². The van der Waals surface area contributed by atoms with Crippen LogP contribution >= 0.6 is 12.4 Å². The van der Waals surface area contributed by atoms with Crippen LogP contribution in [0.1, 0.15) is 46.0 Å². The van der Waals surface area contributed by atoms with Gasteiger partial charge in [0.2, 0.25) is 5.91 Å². The highest BCUT2D eigenvalue weighted by Gasteiger charge is 2.42. The fourth-order valence-electron chi connectivity index (χ4n) is 3.53. The maximum atomic E-state index is 12.2. The van der Waals surface area contributed by atoms with E-state index in [-0.39, 0.29) is 12.4 Å². The summed E-state index contributed by atoms with van der Waals surface area (Å²) in [6.45, 7) is 6.25. The fraction of sp³-hybridized carbons (Fsp3) is 0.929. The summed E-state index contributed by atoms with van der Waals surface area (Å²) in [5.41, 5.74) is 6.09. The zero-order valence-corrected chi connectivity index (χ0v) is 12.4. The van der Waals surface area contributed by atoms with Crippen molar-refractivity contribution in [3.05, 3.63) is 0 Å². The lowest BCUT2D eigenvalue weighted by molar-refractivity contribution is -0.131. The SMILES string of the molecule is CCCC(C)CC(=O)N1CC2CCC(N)C2C1.Cl. The van der Waals surface area contributed by atoms with Gasteiger partial charge in [0.25, 0.3) is 0 Å². The molecule has 0 aromatic heterocycles. The normalized spacial score (nSPS) is 31.9. The molecular formula is C14H27ClN2O. The molecule has 0 spiro atoms. The summed E-state index contributed by atoms with van der Waals surface area (Å²) < 4.78 is 0. The molecule has 1 amide bonds. The Labute approximate surface area is 117 Å². The number of likely N-dealkylation sites (tertiary alicyclic amines) is 1. The zero-order chi connectivity index (χ0) is 12.4. The molecule has 4 unspecified atom stereocenters. The second-order valence-electron chi connectivity index (χ2n) is 6.06. The third-order valence-electron chi connectivity index (χ3n) is 4.57. The molecule has 1 saturated carbocycles. The van der Waals surface area contributed by atoms with Gasteiger partial charge in [-0.05, 0) is 30.6 Å². The molecule has 3 nitrogen and oxygen atoms in total. The number of carbonyl (C=O) groups is 1. The van der Waals surface area contributed by atoms with Crippen LogP contribution in [-0.2, 0) is 4.79 Å². The monoisotopic (exact) mass is 274 g/mol. The number of carbonyl (C=O) groups excluding carboxylic acids is 1. The molecule has 2 rings (SSSR count). The Morgan fingerprint density at radius 2 is 2.11 bits per heavy atom. The Morgan fingerprint density at radius 1 is 1.39 bits per heavy atom. The maximum absolute atomic E-state index is 12.2. The number of hydrogen-bond donors (Lipinski definition) is 1. The average molecular weight is 275 g/mol. The van der Waals surface area contributed by atoms with Gasteiger partial charge < -0.3 is 10.6 Å². The number of nitrogens with zero attached hydrogens (tertiary/aromatic N) is 1. The number of fused-ring (bicyclic) bond motifs is 1. The minimum Gasteiger partial charge on any atom is -0.342 e. The first kappa shape index (κ1) is 15.8. The van der Waals surface area contributed by atoms with E-state index in [1.165, 1.54) is 12.8 Å². The minimum absolute atomic E-state index is 0. The fourth-order valence-corrected chi connectivity index (χ4v) is 3.53. The van der Waals surface area contributed by atoms with Gasteiger partial charge in [0, 0.05) is 25.6 Å². The Bertz CT molecular complexity index is 285. The van der Waals surface area contributed by atoms with Crippen molar-refractivity contribution in [3.63, 3.8) is 0 Å². The Kier molecular flexibility index (Phi) is 5.93. The Morgan fingerprint density at radius 3 is 2.72 bits per heavy atom. The Hall–Kier alpha value is -0.280. The van der Waals surface area contributed by atoms with Gasteiger partial charge in [-0.2, -0.15) is 0 Å². The summed E-state index contributed by atoms with van der Waals surface area (Å²) in [4.78, 5) is 14.2. The standard InChI is InChI=1S/C14H26N2O.ClH/c1-3-4-10(2)7-14(17)16-8-11-5-6-13(15)12(11)9-16;/h10-13H,3-9,15H2,1-2H3;1H. The lowest BCUT2D eigenvalue weighted by Crippen LogP contribution is -2.34. The van der Waals surface area contributed by atoms with E-state index in [0.29, 0.717) is 29.7 Å². The van der Waals surface area contributed by atoms with Crippen LogP contribution in [0.4, 0.5) is 0 Å². The van der Waals surface area contributed by atoms with Crippen LogP contribution in [-0.4, -0.2) is 29.9 Å². The molecular weight excluding hydrogens is 248 g/mol. The molecule has 2 N–H and O–H groups in total. The van der Waals surface area contributed by atoms with Gasteiger partial charge in [0.05, 0.1) is 0 Å². The molecule has 18 heavy (non-hydrogen) atoms. The molecule has 1 aliphatic heterocycles. The van der Waals surface area contributed by atoms with E-state index in [1.807, 2.05) is 0 Å². The van der Waals surface area contributed by atoms with Crippen molar-refractivity contribution in [1.82, 2.24) is 4.90 Å². The van der Waals surface area contributed by atoms with Crippen molar-refractivity contribution in [2.24, 2.45) is 23.5 Å². The lowest BCUT2D eigenvalue weighted by atomic mass is 9.98. The topological polar surface area (TPSA) is 46.3 Å². The number of halogens is 1. The van der Waals surface area contributed by atoms with Gasteiger partial charge in [0.15, 0.2) is 0 Å². The highest BCUT2D eigenvalue weighted by Crippen LogP contribution is 2.37. The predicted octanol–water partition coefficient (Wildman–Crippen LogP) is 2.43. The summed E-state index contributed by atoms with van der Waals surface area (Å²) in [6.07, 6.45) is 5.43. The quantitative estimate of drug-likeness (QED) is 0.856. The van der Waals surface area contributed by atoms with Crippen LogP contribution < -0.4 is 5.73 Å². The molecule has 1 aliphatic carbocycles. The summed E-state index contributed by atoms with van der Waals surface area (Å²) in [7, 11) is 0. The number of amides is 1. The number of hydrogen-bond acceptors (Lipinski definition) is 2. The van der Waals surface area contributed by atoms with Crippen LogP contribution in [0.15, 0.2) is 0 Å². The summed E-state index contributed by atoms with van der Waals surface area (Å²) >= 11 is 0. The summed E-state index contributed by atoms with van der Waals surface area (Å²) in [5.74, 6) is 2.16. The molecule has 4 heteroatoms. The van der Waals surface area contributed by atoms with Crippen LogP contribution in [0.3, 0.4) is 0 Å². The second-order valence-corrected chi connectivity index (χ2v) is 6.06. The summed E-state index contributed by atoms with van der Waals surface area (Å²) in [5, 5.41) is 0. The third kappa shape index (κ3) is 3.39. The molecule has 106 valence electrons. The van der Waals surface area contributed by atoms with E-state index in [0.717, 1.165) is 32.4 Å². The minimum atomic E-state index is 0. The smallest absolute Gasteiger partial charge is 0.222 e. The van der Waals surface area contributed by atoms with E-state index in [4.69, 9.17) is 5.73 Å². The number of rotatable bonds is 4. The first-order valence-electron chi connectivity index (χ1n) is 7.15. The summed E-state index contributed by atoms with van der Waals surface area (Å²) in [6, 6.07) is 0.339. The van der Waals surface area contributed by atoms with E-state index in [2.05, 4.69) is 18.7 Å². The molecule has 1 saturated heterocycles. The van der Waals surface area contributed by atoms with Gasteiger partial charge >= 0.3 is 0 Å². The molecule has 0 bridgehead atoms. The molecule has 1 heterocycles. The van der Waals surface area contributed by atoms with E-state index in [9.17, 15) is 4.79 Å². The van der Waals surface area contributed by atoms with Crippen molar-refractivity contribution in [1.29, 1.82) is 0 Å². The van der Waals surface area contributed by atoms with Gasteiger partial charge in [0.1, 0.15) is 0 Å². The highest BCUT2D eigenvalue weighted by atomic mass is 35.5. The van der Waals surface area contributed by atoms with Crippen molar-refractivity contribution >= 4 is 18.3 Å². The number of nitrogens with two attached hydrogens (primary N) is 1. The lowest BCUT2D eigenvalue weighted by Gasteiger charge is -2.20. The van der Waals surface area contributed by atoms with Gasteiger partial charge in [-0.15, -0.1) is 12.4 Å². The zero-order valence-electron chi connectivity index (χ0n) is 11.6. The highest BCUT2D eigenvalue weighted by molar-refractivity contribution is 5.85. The molecule has 4 atom stereocenters. The largest absolute Gasteiger partial charge is 0.342 e. The average Bonchev–Trinajstić information content (AvgIpc) is 2.81. The molecule has 0 aromatic rings. The van der Waals surface area contributed by atoms with Crippen molar-refractivity contribution in [2.45, 2.75) is 52.0 Å². The molecule has 2 fully saturated rings. The predicted molar refractivity (Wildman–Crippen MR) is 76.7 cm³/mol. The second kappa shape index (κ2) is 6.76. The van der Waals surface area contributed by atoms with Gasteiger partial charge in [-0.25, -0.2) is 0 Å². The first-order valence-corrected chi connectivity index (χ1v) is 7.15. The Balaban J connectivity index is 0.00000162. The van der Waals surface area contributed by atoms with Crippen LogP contribution in [0.25, 0.3) is 0 Å². The van der Waals surface area contributed by atoms with Crippen molar-refractivity contribution < 1.29 is 4.79 Å². The van der Waals surface area contributed by atoms with Crippen LogP contribution in [0.2, 0.25) is 0 Å². The van der Waals surface area contributed by atoms with Crippen molar-refractivity contribution in [2.75, 3.05) is 13.1 Å². The first-order chi connectivity index (χ1) is 8.11. The van der Waals surface area contributed by atoms with E-state index >= 15 is 0 Å². The van der Waals surface area contributed by atoms with Crippen LogP contribution in [0, 0.1) is 17.8 Å². The van der Waals surface area contributed by atoms with Gasteiger partial charge in [-0.3, -0.25) is 4.79 Å². The maximum Gasteiger partial charge on any atom is 0.222 e. The molecule has 2 aliphatic rings. The van der Waals surface area contributed by atoms with Gasteiger partial charge in [-0.1, -0.05) is 26.7 Å². The third-order valence-corrected chi connectivity index (χ3v) is 4.57.